The van der Waals surface area contributed by atoms with Crippen molar-refractivity contribution in [2.45, 2.75) is 19.3 Å². The number of piperazine rings is 1. The minimum absolute atomic E-state index is 0.185. The normalized spacial score (nSPS) is 19.4. The maximum absolute atomic E-state index is 14.0. The third-order valence-corrected chi connectivity index (χ3v) is 11.7. The van der Waals surface area contributed by atoms with Crippen LogP contribution in [0.25, 0.3) is 0 Å². The SMILES string of the molecule is CN1/C(=C/[P@@](=Nc2ccc(F)cc2)(c2ccccc2)N2CCN(c3ccccc3)CC2)C(C)(C)c2ccccc21. The maximum Gasteiger partial charge on any atom is 0.123 e. The van der Waals surface area contributed by atoms with Crippen LogP contribution in [-0.2, 0) is 5.41 Å². The summed E-state index contributed by atoms with van der Waals surface area (Å²) < 4.78 is 22.2. The van der Waals surface area contributed by atoms with Crippen LogP contribution >= 0.6 is 7.21 Å². The van der Waals surface area contributed by atoms with Crippen LogP contribution in [0.5, 0.6) is 0 Å². The van der Waals surface area contributed by atoms with Gasteiger partial charge in [0.1, 0.15) is 5.82 Å². The van der Waals surface area contributed by atoms with Gasteiger partial charge < -0.3 is 9.80 Å². The number of halogens is 1. The zero-order valence-corrected chi connectivity index (χ0v) is 24.3. The molecule has 4 aromatic rings. The molecule has 40 heavy (non-hydrogen) atoms. The topological polar surface area (TPSA) is 22.1 Å². The van der Waals surface area contributed by atoms with E-state index in [-0.39, 0.29) is 11.2 Å². The molecular weight excluding hydrogens is 514 g/mol. The molecule has 0 spiro atoms. The van der Waals surface area contributed by atoms with Crippen molar-refractivity contribution in [1.29, 1.82) is 0 Å². The van der Waals surface area contributed by atoms with Crippen LogP contribution in [0.4, 0.5) is 21.5 Å². The van der Waals surface area contributed by atoms with Gasteiger partial charge in [0.2, 0.25) is 0 Å². The summed E-state index contributed by atoms with van der Waals surface area (Å²) in [6.45, 7) is 8.21. The molecule has 1 saturated heterocycles. The van der Waals surface area contributed by atoms with Gasteiger partial charge in [-0.05, 0) is 53.8 Å². The molecular formula is C34H36FN4P. The third-order valence-electron chi connectivity index (χ3n) is 8.28. The van der Waals surface area contributed by atoms with Gasteiger partial charge in [-0.2, -0.15) is 0 Å². The molecule has 204 valence electrons. The average molecular weight is 551 g/mol. The lowest BCUT2D eigenvalue weighted by atomic mass is 9.84. The average Bonchev–Trinajstić information content (AvgIpc) is 3.19. The van der Waals surface area contributed by atoms with Crippen molar-refractivity contribution in [3.63, 3.8) is 0 Å². The van der Waals surface area contributed by atoms with E-state index in [1.54, 1.807) is 0 Å². The summed E-state index contributed by atoms with van der Waals surface area (Å²) in [5.41, 5.74) is 5.69. The number of anilines is 2. The van der Waals surface area contributed by atoms with E-state index in [2.05, 4.69) is 126 Å². The number of nitrogens with zero attached hydrogens (tertiary/aromatic N) is 4. The predicted octanol–water partition coefficient (Wildman–Crippen LogP) is 7.99. The Hall–Kier alpha value is -3.66. The Morgan fingerprint density at radius 2 is 1.35 bits per heavy atom. The van der Waals surface area contributed by atoms with E-state index in [1.165, 1.54) is 40.1 Å². The number of allylic oxidation sites excluding steroid dienone is 1. The molecule has 0 N–H and O–H groups in total. The van der Waals surface area contributed by atoms with Crippen molar-refractivity contribution in [3.05, 3.63) is 132 Å². The van der Waals surface area contributed by atoms with Gasteiger partial charge in [0.05, 0.1) is 12.9 Å². The van der Waals surface area contributed by atoms with E-state index in [9.17, 15) is 4.39 Å². The first-order valence-corrected chi connectivity index (χ1v) is 15.7. The van der Waals surface area contributed by atoms with Gasteiger partial charge in [0.15, 0.2) is 0 Å². The Bertz CT molecular complexity index is 1560. The summed E-state index contributed by atoms with van der Waals surface area (Å²) in [6, 6.07) is 36.7. The fraction of sp³-hybridized carbons (Fsp3) is 0.235. The minimum atomic E-state index is -2.47. The first kappa shape index (κ1) is 26.6. The van der Waals surface area contributed by atoms with Gasteiger partial charge in [-0.3, -0.25) is 4.67 Å². The number of hydrogen-bond donors (Lipinski definition) is 0. The van der Waals surface area contributed by atoms with Gasteiger partial charge in [-0.1, -0.05) is 80.6 Å². The highest BCUT2D eigenvalue weighted by Gasteiger charge is 2.41. The van der Waals surface area contributed by atoms with Crippen LogP contribution in [-0.4, -0.2) is 37.9 Å². The molecule has 2 heterocycles. The van der Waals surface area contributed by atoms with Crippen LogP contribution in [0.1, 0.15) is 19.4 Å². The van der Waals surface area contributed by atoms with E-state index in [0.29, 0.717) is 0 Å². The van der Waals surface area contributed by atoms with Crippen molar-refractivity contribution in [3.8, 4) is 0 Å². The third kappa shape index (κ3) is 4.78. The van der Waals surface area contributed by atoms with Crippen LogP contribution in [0.15, 0.2) is 125 Å². The number of rotatable bonds is 5. The smallest absolute Gasteiger partial charge is 0.123 e. The molecule has 1 fully saturated rings. The van der Waals surface area contributed by atoms with Gasteiger partial charge in [0.25, 0.3) is 0 Å². The number of likely N-dealkylation sites (N-methyl/N-ethyl adjacent to an activating group) is 1. The number of benzene rings is 4. The Kier molecular flexibility index (Phi) is 7.12. The van der Waals surface area contributed by atoms with Crippen molar-refractivity contribution in [1.82, 2.24) is 4.67 Å². The lowest BCUT2D eigenvalue weighted by Crippen LogP contribution is -2.46. The maximum atomic E-state index is 14.0. The van der Waals surface area contributed by atoms with E-state index < -0.39 is 7.21 Å². The molecule has 0 aromatic heterocycles. The highest BCUT2D eigenvalue weighted by Crippen LogP contribution is 2.60. The fourth-order valence-corrected chi connectivity index (χ4v) is 9.76. The van der Waals surface area contributed by atoms with E-state index >= 15 is 0 Å². The molecule has 6 rings (SSSR count). The molecule has 0 bridgehead atoms. The molecule has 0 aliphatic carbocycles. The van der Waals surface area contributed by atoms with Crippen LogP contribution in [0.3, 0.4) is 0 Å². The zero-order chi connectivity index (χ0) is 27.7. The van der Waals surface area contributed by atoms with Crippen molar-refractivity contribution in [2.24, 2.45) is 4.74 Å². The van der Waals surface area contributed by atoms with Crippen LogP contribution < -0.4 is 15.1 Å². The second-order valence-electron chi connectivity index (χ2n) is 11.1. The van der Waals surface area contributed by atoms with Crippen molar-refractivity contribution in [2.75, 3.05) is 43.0 Å². The Morgan fingerprint density at radius 1 is 0.750 bits per heavy atom. The first-order chi connectivity index (χ1) is 19.4. The monoisotopic (exact) mass is 550 g/mol. The Labute approximate surface area is 237 Å². The van der Waals surface area contributed by atoms with E-state index in [0.717, 1.165) is 31.9 Å². The first-order valence-electron chi connectivity index (χ1n) is 13.9. The molecule has 4 aromatic carbocycles. The standard InChI is InChI=1S/C34H36FN4P/c1-34(2)31-16-10-11-17-32(31)37(3)33(34)26-40(30-14-8-5-9-15-30,36-28-20-18-27(35)19-21-28)39-24-22-38(23-25-39)29-12-6-4-7-13-29/h4-21,26H,22-25H2,1-3H3/b33-26+/t40-/m0/s1. The number of hydrogen-bond acceptors (Lipinski definition) is 3. The molecule has 2 aliphatic rings. The second kappa shape index (κ2) is 10.7. The summed E-state index contributed by atoms with van der Waals surface area (Å²) in [5.74, 6) is 2.23. The van der Waals surface area contributed by atoms with Gasteiger partial charge in [0, 0.05) is 61.0 Å². The predicted molar refractivity (Wildman–Crippen MR) is 168 cm³/mol. The molecule has 4 nitrogen and oxygen atoms in total. The molecule has 6 heteroatoms. The lowest BCUT2D eigenvalue weighted by molar-refractivity contribution is 0.417. The fourth-order valence-electron chi connectivity index (χ4n) is 6.10. The van der Waals surface area contributed by atoms with E-state index in [4.69, 9.17) is 4.74 Å². The summed E-state index contributed by atoms with van der Waals surface area (Å²) in [5, 5.41) is 1.21. The molecule has 1 atom stereocenters. The summed E-state index contributed by atoms with van der Waals surface area (Å²) >= 11 is 0. The largest absolute Gasteiger partial charge is 0.369 e. The van der Waals surface area contributed by atoms with Crippen LogP contribution in [0.2, 0.25) is 0 Å². The van der Waals surface area contributed by atoms with E-state index in [1.807, 2.05) is 12.1 Å². The Morgan fingerprint density at radius 3 is 2.00 bits per heavy atom. The molecule has 2 aliphatic heterocycles. The van der Waals surface area contributed by atoms with Crippen molar-refractivity contribution >= 4 is 29.6 Å². The zero-order valence-electron chi connectivity index (χ0n) is 23.4. The Balaban J connectivity index is 1.53. The summed E-state index contributed by atoms with van der Waals surface area (Å²) in [6.07, 6.45) is 0. The van der Waals surface area contributed by atoms with Gasteiger partial charge in [-0.15, -0.1) is 0 Å². The quantitative estimate of drug-likeness (QED) is 0.235. The molecule has 0 amide bonds. The number of para-hydroxylation sites is 2. The highest BCUT2D eigenvalue weighted by atomic mass is 31.2. The minimum Gasteiger partial charge on any atom is -0.369 e. The molecule has 0 radical (unpaired) electrons. The summed E-state index contributed by atoms with van der Waals surface area (Å²) in [7, 11) is -0.297. The summed E-state index contributed by atoms with van der Waals surface area (Å²) in [4.78, 5) is 4.80. The van der Waals surface area contributed by atoms with Crippen LogP contribution in [0, 0.1) is 5.82 Å². The second-order valence-corrected chi connectivity index (χ2v) is 13.9. The van der Waals surface area contributed by atoms with Gasteiger partial charge >= 0.3 is 0 Å². The molecule has 0 saturated carbocycles. The number of fused-ring (bicyclic) bond motifs is 1. The lowest BCUT2D eigenvalue weighted by Gasteiger charge is -2.43. The molecule has 0 unspecified atom stereocenters. The highest BCUT2D eigenvalue weighted by molar-refractivity contribution is 7.74. The van der Waals surface area contributed by atoms with Crippen molar-refractivity contribution < 1.29 is 4.39 Å². The van der Waals surface area contributed by atoms with Gasteiger partial charge in [-0.25, -0.2) is 9.14 Å².